The van der Waals surface area contributed by atoms with Crippen LogP contribution in [0.1, 0.15) is 11.8 Å². The Bertz CT molecular complexity index is 906. The zero-order valence-electron chi connectivity index (χ0n) is 14.0. The van der Waals surface area contributed by atoms with Crippen LogP contribution in [0.3, 0.4) is 0 Å². The van der Waals surface area contributed by atoms with Crippen LogP contribution in [0.15, 0.2) is 48.5 Å². The van der Waals surface area contributed by atoms with Crippen molar-refractivity contribution in [3.8, 4) is 5.75 Å². The van der Waals surface area contributed by atoms with Gasteiger partial charge in [-0.25, -0.2) is 0 Å². The van der Waals surface area contributed by atoms with Gasteiger partial charge in [0.05, 0.1) is 11.6 Å². The lowest BCUT2D eigenvalue weighted by atomic mass is 10.0. The minimum Gasteiger partial charge on any atom is -0.482 e. The predicted octanol–water partition coefficient (Wildman–Crippen LogP) is 4.61. The number of benzene rings is 2. The quantitative estimate of drug-likeness (QED) is 0.624. The molecule has 136 valence electrons. The van der Waals surface area contributed by atoms with Gasteiger partial charge < -0.3 is 15.2 Å². The van der Waals surface area contributed by atoms with E-state index in [1.807, 2.05) is 30.3 Å². The summed E-state index contributed by atoms with van der Waals surface area (Å²) in [6, 6.07) is 14.6. The smallest absolute Gasteiger partial charge is 0.258 e. The molecule has 1 unspecified atom stereocenters. The summed E-state index contributed by atoms with van der Waals surface area (Å²) >= 11 is 13.3. The van der Waals surface area contributed by atoms with Crippen LogP contribution in [-0.4, -0.2) is 24.2 Å². The van der Waals surface area contributed by atoms with Crippen molar-refractivity contribution in [2.45, 2.75) is 12.5 Å². The third kappa shape index (κ3) is 4.48. The van der Waals surface area contributed by atoms with Gasteiger partial charge in [-0.15, -0.1) is 11.3 Å². The summed E-state index contributed by atoms with van der Waals surface area (Å²) in [6.07, 6.45) is 0. The van der Waals surface area contributed by atoms with Crippen LogP contribution in [0.5, 0.6) is 5.75 Å². The largest absolute Gasteiger partial charge is 0.482 e. The van der Waals surface area contributed by atoms with Crippen LogP contribution in [0.25, 0.3) is 10.1 Å². The number of thiophene rings is 1. The third-order valence-corrected chi connectivity index (χ3v) is 5.74. The molecule has 0 aliphatic heterocycles. The summed E-state index contributed by atoms with van der Waals surface area (Å²) in [5.74, 6) is 0.0277. The normalized spacial score (nSPS) is 13.4. The molecule has 0 radical (unpaired) electrons. The number of hydrogen-bond acceptors (Lipinski definition) is 4. The summed E-state index contributed by atoms with van der Waals surface area (Å²) in [5, 5.41) is 15.3. The molecule has 7 heteroatoms. The first kappa shape index (κ1) is 19.0. The van der Waals surface area contributed by atoms with Crippen molar-refractivity contribution >= 4 is 50.5 Å². The molecular formula is C19H17Cl2NO3S. The van der Waals surface area contributed by atoms with E-state index < -0.39 is 5.60 Å². The van der Waals surface area contributed by atoms with Crippen molar-refractivity contribution in [2.75, 3.05) is 13.2 Å². The van der Waals surface area contributed by atoms with Crippen LogP contribution in [0, 0.1) is 0 Å². The Morgan fingerprint density at radius 2 is 2.00 bits per heavy atom. The van der Waals surface area contributed by atoms with Crippen LogP contribution in [0.4, 0.5) is 0 Å². The van der Waals surface area contributed by atoms with E-state index in [9.17, 15) is 9.90 Å². The standard InChI is InChI=1S/C19H17Cl2NO3S/c1-19(24,17-8-12-4-2-3-5-16(12)26-17)11-22-18(23)10-25-15-7-6-13(20)9-14(15)21/h2-9,24H,10-11H2,1H3,(H,22,23). The Balaban J connectivity index is 1.57. The molecule has 1 heterocycles. The van der Waals surface area contributed by atoms with E-state index >= 15 is 0 Å². The van der Waals surface area contributed by atoms with Gasteiger partial charge in [-0.2, -0.15) is 0 Å². The number of ether oxygens (including phenoxy) is 1. The van der Waals surface area contributed by atoms with Gasteiger partial charge in [0, 0.05) is 14.6 Å². The van der Waals surface area contributed by atoms with E-state index in [1.165, 1.54) is 11.3 Å². The summed E-state index contributed by atoms with van der Waals surface area (Å²) in [7, 11) is 0. The van der Waals surface area contributed by atoms with E-state index in [1.54, 1.807) is 25.1 Å². The molecule has 3 rings (SSSR count). The molecule has 2 aromatic carbocycles. The SMILES string of the molecule is CC(O)(CNC(=O)COc1ccc(Cl)cc1Cl)c1cc2ccccc2s1. The Kier molecular flexibility index (Phi) is 5.73. The topological polar surface area (TPSA) is 58.6 Å². The van der Waals surface area contributed by atoms with Crippen molar-refractivity contribution in [1.29, 1.82) is 0 Å². The fraction of sp³-hybridized carbons (Fsp3) is 0.211. The highest BCUT2D eigenvalue weighted by atomic mass is 35.5. The second kappa shape index (κ2) is 7.84. The maximum atomic E-state index is 12.0. The number of fused-ring (bicyclic) bond motifs is 1. The number of halogens is 2. The Hall–Kier alpha value is -1.79. The summed E-state index contributed by atoms with van der Waals surface area (Å²) in [6.45, 7) is 1.55. The monoisotopic (exact) mass is 409 g/mol. The molecule has 0 saturated carbocycles. The average molecular weight is 410 g/mol. The number of carbonyl (C=O) groups is 1. The number of hydrogen-bond donors (Lipinski definition) is 2. The lowest BCUT2D eigenvalue weighted by Gasteiger charge is -2.22. The first-order valence-electron chi connectivity index (χ1n) is 7.91. The van der Waals surface area contributed by atoms with Crippen LogP contribution in [-0.2, 0) is 10.4 Å². The second-order valence-corrected chi connectivity index (χ2v) is 7.99. The maximum Gasteiger partial charge on any atom is 0.258 e. The number of amides is 1. The molecule has 1 amide bonds. The molecule has 0 aliphatic rings. The summed E-state index contributed by atoms with van der Waals surface area (Å²) in [5.41, 5.74) is -1.17. The summed E-state index contributed by atoms with van der Waals surface area (Å²) in [4.78, 5) is 12.8. The lowest BCUT2D eigenvalue weighted by molar-refractivity contribution is -0.124. The minimum absolute atomic E-state index is 0.0797. The van der Waals surface area contributed by atoms with Gasteiger partial charge in [-0.3, -0.25) is 4.79 Å². The molecule has 0 saturated heterocycles. The third-order valence-electron chi connectivity index (χ3n) is 3.84. The van der Waals surface area contributed by atoms with E-state index in [-0.39, 0.29) is 19.1 Å². The van der Waals surface area contributed by atoms with Crippen molar-refractivity contribution in [3.63, 3.8) is 0 Å². The molecule has 4 nitrogen and oxygen atoms in total. The van der Waals surface area contributed by atoms with Gasteiger partial charge in [0.1, 0.15) is 11.4 Å². The highest BCUT2D eigenvalue weighted by molar-refractivity contribution is 7.19. The Labute approximate surface area is 165 Å². The van der Waals surface area contributed by atoms with Gasteiger partial charge >= 0.3 is 0 Å². The van der Waals surface area contributed by atoms with Gasteiger partial charge in [0.25, 0.3) is 5.91 Å². The van der Waals surface area contributed by atoms with Crippen molar-refractivity contribution in [3.05, 3.63) is 63.5 Å². The molecule has 0 aliphatic carbocycles. The molecule has 0 bridgehead atoms. The van der Waals surface area contributed by atoms with Gasteiger partial charge in [0.2, 0.25) is 0 Å². The Morgan fingerprint density at radius 1 is 1.23 bits per heavy atom. The molecular weight excluding hydrogens is 393 g/mol. The van der Waals surface area contributed by atoms with Gasteiger partial charge in [-0.1, -0.05) is 41.4 Å². The number of aliphatic hydroxyl groups is 1. The molecule has 0 spiro atoms. The minimum atomic E-state index is -1.17. The van der Waals surface area contributed by atoms with E-state index in [2.05, 4.69) is 5.32 Å². The molecule has 2 N–H and O–H groups in total. The first-order valence-corrected chi connectivity index (χ1v) is 9.48. The maximum absolute atomic E-state index is 12.0. The van der Waals surface area contributed by atoms with Crippen LogP contribution >= 0.6 is 34.5 Å². The van der Waals surface area contributed by atoms with Crippen molar-refractivity contribution < 1.29 is 14.6 Å². The van der Waals surface area contributed by atoms with Gasteiger partial charge in [-0.05, 0) is 42.6 Å². The fourth-order valence-corrected chi connectivity index (χ4v) is 3.96. The predicted molar refractivity (Wildman–Crippen MR) is 106 cm³/mol. The fourth-order valence-electron chi connectivity index (χ4n) is 2.39. The first-order chi connectivity index (χ1) is 12.3. The highest BCUT2D eigenvalue weighted by Gasteiger charge is 2.26. The highest BCUT2D eigenvalue weighted by Crippen LogP contribution is 2.33. The Morgan fingerprint density at radius 3 is 2.73 bits per heavy atom. The number of nitrogens with one attached hydrogen (secondary N) is 1. The molecule has 1 aromatic heterocycles. The van der Waals surface area contributed by atoms with Crippen molar-refractivity contribution in [2.24, 2.45) is 0 Å². The lowest BCUT2D eigenvalue weighted by Crippen LogP contribution is -2.40. The summed E-state index contributed by atoms with van der Waals surface area (Å²) < 4.78 is 6.48. The average Bonchev–Trinajstić information content (AvgIpc) is 3.04. The van der Waals surface area contributed by atoms with E-state index in [4.69, 9.17) is 27.9 Å². The zero-order valence-corrected chi connectivity index (χ0v) is 16.3. The van der Waals surface area contributed by atoms with E-state index in [0.717, 1.165) is 15.0 Å². The molecule has 0 fully saturated rings. The van der Waals surface area contributed by atoms with Crippen LogP contribution in [0.2, 0.25) is 10.0 Å². The van der Waals surface area contributed by atoms with Gasteiger partial charge in [0.15, 0.2) is 6.61 Å². The second-order valence-electron chi connectivity index (χ2n) is 6.06. The number of carbonyl (C=O) groups excluding carboxylic acids is 1. The van der Waals surface area contributed by atoms with Crippen molar-refractivity contribution in [1.82, 2.24) is 5.32 Å². The molecule has 3 aromatic rings. The zero-order chi connectivity index (χ0) is 18.7. The van der Waals surface area contributed by atoms with E-state index in [0.29, 0.717) is 15.8 Å². The number of rotatable bonds is 6. The molecule has 1 atom stereocenters. The molecule has 26 heavy (non-hydrogen) atoms. The van der Waals surface area contributed by atoms with Crippen LogP contribution < -0.4 is 10.1 Å².